The largest absolute Gasteiger partial charge is 1.00 e. The van der Waals surface area contributed by atoms with Crippen molar-refractivity contribution >= 4 is 126 Å². The number of aromatic nitrogens is 4. The summed E-state index contributed by atoms with van der Waals surface area (Å²) >= 11 is 0. The van der Waals surface area contributed by atoms with E-state index in [9.17, 15) is 76.2 Å². The van der Waals surface area contributed by atoms with Crippen molar-refractivity contribution in [2.45, 2.75) is 19.6 Å². The molecule has 0 atom stereocenters. The molecule has 4 aromatic carbocycles. The van der Waals surface area contributed by atoms with Crippen molar-refractivity contribution in [3.8, 4) is 0 Å². The van der Waals surface area contributed by atoms with Gasteiger partial charge in [-0.15, -0.1) is 0 Å². The zero-order valence-electron chi connectivity index (χ0n) is 41.3. The molecule has 0 aliphatic carbocycles. The van der Waals surface area contributed by atoms with Gasteiger partial charge in [0, 0.05) is 49.7 Å². The molecular formula is C43H32N10Na4O17S4. The number of hydrogen-bond donors (Lipinski definition) is 8. The molecule has 0 bridgehead atoms. The van der Waals surface area contributed by atoms with Gasteiger partial charge in [-0.05, 0) is 71.4 Å². The van der Waals surface area contributed by atoms with Crippen LogP contribution in [0.2, 0.25) is 0 Å². The van der Waals surface area contributed by atoms with Crippen molar-refractivity contribution in [1.29, 1.82) is 0 Å². The van der Waals surface area contributed by atoms with Crippen LogP contribution in [-0.4, -0.2) is 101 Å². The second kappa shape index (κ2) is 25.4. The monoisotopic (exact) mass is 1180 g/mol. The van der Waals surface area contributed by atoms with Gasteiger partial charge in [0.25, 0.3) is 33.7 Å². The number of carbonyl (C=O) groups is 4. The number of rotatable bonds is 14. The Balaban J connectivity index is 0.00000328. The van der Waals surface area contributed by atoms with Gasteiger partial charge in [-0.1, -0.05) is 24.3 Å². The van der Waals surface area contributed by atoms with Gasteiger partial charge in [-0.2, -0.15) is 8.42 Å². The Morgan fingerprint density at radius 3 is 1.41 bits per heavy atom. The van der Waals surface area contributed by atoms with Gasteiger partial charge in [-0.3, -0.25) is 23.7 Å². The number of anilines is 5. The molecular weight excluding hydrogens is 1150 g/mol. The molecule has 78 heavy (non-hydrogen) atoms. The SMILES string of the molecule is Cn1cc(N=C([O-])Nc2cc(C(=O)Nc3c[nH]c(C(=O)Nc4cccc5cc(S(=O)(=O)[O-])cc(S(=O)(=O)O)c45)c3)n(C)c2)cc1C(=O)Nc1c[nH]c(C(=O)Nc2cccc3cc(S(=O)(=O)[O-])cc(S(=O)(=O)[O-])c23)c1.[Na+].[Na+].[Na+].[Na+]. The molecule has 4 aromatic heterocycles. The van der Waals surface area contributed by atoms with Crippen LogP contribution in [0.4, 0.5) is 34.1 Å². The van der Waals surface area contributed by atoms with E-state index in [4.69, 9.17) is 0 Å². The molecule has 4 heterocycles. The first-order chi connectivity index (χ1) is 34.5. The molecule has 0 unspecified atom stereocenters. The average Bonchev–Trinajstić information content (AvgIpc) is 4.12. The van der Waals surface area contributed by atoms with E-state index in [2.05, 4.69) is 41.5 Å². The van der Waals surface area contributed by atoms with Crippen LogP contribution in [0.1, 0.15) is 42.0 Å². The molecule has 384 valence electrons. The minimum Gasteiger partial charge on any atom is -0.846 e. The van der Waals surface area contributed by atoms with Gasteiger partial charge in [-0.25, -0.2) is 30.2 Å². The van der Waals surface area contributed by atoms with E-state index in [1.54, 1.807) is 0 Å². The second-order valence-corrected chi connectivity index (χ2v) is 21.4. The fourth-order valence-corrected chi connectivity index (χ4v) is 10.3. The van der Waals surface area contributed by atoms with Crippen LogP contribution in [0.25, 0.3) is 21.5 Å². The van der Waals surface area contributed by atoms with E-state index in [1.807, 2.05) is 0 Å². The Bertz CT molecular complexity index is 4220. The molecule has 35 heteroatoms. The minimum atomic E-state index is -5.36. The summed E-state index contributed by atoms with van der Waals surface area (Å²) in [6.45, 7) is 0. The third kappa shape index (κ3) is 15.0. The van der Waals surface area contributed by atoms with E-state index >= 15 is 0 Å². The Labute approximate surface area is 530 Å². The predicted molar refractivity (Wildman–Crippen MR) is 257 cm³/mol. The molecule has 0 radical (unpaired) electrons. The first kappa shape index (κ1) is 65.8. The van der Waals surface area contributed by atoms with Crippen molar-refractivity contribution in [1.82, 2.24) is 19.1 Å². The van der Waals surface area contributed by atoms with Crippen LogP contribution in [0, 0.1) is 0 Å². The maximum atomic E-state index is 13.3. The number of carbonyl (C=O) groups excluding carboxylic acids is 4. The Kier molecular flexibility index (Phi) is 21.4. The van der Waals surface area contributed by atoms with Crippen LogP contribution in [0.15, 0.2) is 134 Å². The number of fused-ring (bicyclic) bond motifs is 2. The number of aliphatic imine (C=N–C) groups is 1. The molecule has 8 rings (SSSR count). The molecule has 0 aliphatic rings. The van der Waals surface area contributed by atoms with Crippen molar-refractivity contribution in [3.05, 3.63) is 132 Å². The number of benzene rings is 4. The van der Waals surface area contributed by atoms with Crippen molar-refractivity contribution in [3.63, 3.8) is 0 Å². The molecule has 0 saturated carbocycles. The molecule has 8 N–H and O–H groups in total. The topological polar surface area (TPSA) is 431 Å². The summed E-state index contributed by atoms with van der Waals surface area (Å²) in [7, 11) is -17.8. The quantitative estimate of drug-likeness (QED) is 0.0217. The number of nitrogens with one attached hydrogen (secondary N) is 7. The van der Waals surface area contributed by atoms with Crippen LogP contribution >= 0.6 is 0 Å². The maximum absolute atomic E-state index is 13.3. The number of aromatic amines is 2. The van der Waals surface area contributed by atoms with Crippen LogP contribution in [0.5, 0.6) is 0 Å². The molecule has 8 aromatic rings. The Hall–Kier alpha value is -4.69. The fourth-order valence-electron chi connectivity index (χ4n) is 7.55. The Morgan fingerprint density at radius 1 is 0.526 bits per heavy atom. The van der Waals surface area contributed by atoms with Gasteiger partial charge < -0.3 is 64.5 Å². The Morgan fingerprint density at radius 2 is 0.962 bits per heavy atom. The fraction of sp³-hybridized carbons (Fsp3) is 0.0465. The van der Waals surface area contributed by atoms with E-state index in [1.165, 1.54) is 109 Å². The van der Waals surface area contributed by atoms with Crippen molar-refractivity contribution < 1.29 is 194 Å². The summed E-state index contributed by atoms with van der Waals surface area (Å²) in [6.07, 6.45) is 5.25. The first-order valence-electron chi connectivity index (χ1n) is 20.5. The maximum Gasteiger partial charge on any atom is 1.00 e. The summed E-state index contributed by atoms with van der Waals surface area (Å²) in [6, 6.07) is 14.4. The molecule has 0 fully saturated rings. The molecule has 0 saturated heterocycles. The second-order valence-electron chi connectivity index (χ2n) is 15.9. The van der Waals surface area contributed by atoms with Crippen LogP contribution in [-0.2, 0) is 54.6 Å². The van der Waals surface area contributed by atoms with Gasteiger partial charge in [0.05, 0.1) is 54.8 Å². The molecule has 0 spiro atoms. The van der Waals surface area contributed by atoms with E-state index in [-0.39, 0.29) is 197 Å². The molecule has 0 aliphatic heterocycles. The van der Waals surface area contributed by atoms with Gasteiger partial charge in [0.2, 0.25) is 0 Å². The van der Waals surface area contributed by atoms with Crippen molar-refractivity contribution in [2.75, 3.05) is 26.6 Å². The van der Waals surface area contributed by atoms with Crippen LogP contribution in [0.3, 0.4) is 0 Å². The van der Waals surface area contributed by atoms with E-state index in [0.29, 0.717) is 12.1 Å². The normalized spacial score (nSPS) is 11.8. The summed E-state index contributed by atoms with van der Waals surface area (Å²) in [4.78, 5) is 58.4. The first-order valence-corrected chi connectivity index (χ1v) is 26.2. The number of aryl methyl sites for hydroxylation is 2. The van der Waals surface area contributed by atoms with E-state index < -0.39 is 89.7 Å². The zero-order valence-corrected chi connectivity index (χ0v) is 52.6. The summed E-state index contributed by atoms with van der Waals surface area (Å²) < 4.78 is 143. The number of amidine groups is 1. The van der Waals surface area contributed by atoms with Gasteiger partial charge >= 0.3 is 118 Å². The summed E-state index contributed by atoms with van der Waals surface area (Å²) in [5, 5.41) is 24.6. The molecule has 4 amide bonds. The average molecular weight is 1180 g/mol. The van der Waals surface area contributed by atoms with E-state index in [0.717, 1.165) is 12.1 Å². The molecule has 27 nitrogen and oxygen atoms in total. The zero-order chi connectivity index (χ0) is 53.8. The van der Waals surface area contributed by atoms with Crippen LogP contribution < -0.4 is 150 Å². The number of nitrogens with zero attached hydrogens (tertiary/aromatic N) is 3. The standard InChI is InChI=1S/C43H36N10O17S4.4Na/c1-52-19-25(13-33(52)41(56)46-23-11-31(44-17-23)39(54)50-29-7-3-5-21-9-27(71(59,60)61)15-35(37(21)29)73(65,66)67)48-43(58)49-26-14-34(53(2)20-26)42(57)47-24-12-32(45-18-24)40(55)51-30-8-4-6-22-10-28(72(62,63)64)16-36(38(22)30)74(68,69)70;;;;/h3-20,44-45H,1-2H3,(H,46,56)(H,47,57)(H,50,54)(H,51,55)(H2,48,49,58)(H,59,60,61)(H,62,63,64)(H,65,66,67)(H,68,69,70);;;;/q;4*+1/p-4. The van der Waals surface area contributed by atoms with Gasteiger partial charge in [0.1, 0.15) is 58.0 Å². The van der Waals surface area contributed by atoms with Gasteiger partial charge in [0.15, 0.2) is 0 Å². The smallest absolute Gasteiger partial charge is 0.846 e. The number of H-pyrrole nitrogens is 2. The number of amides is 4. The third-order valence-corrected chi connectivity index (χ3v) is 14.1. The van der Waals surface area contributed by atoms with Crippen molar-refractivity contribution in [2.24, 2.45) is 19.1 Å². The summed E-state index contributed by atoms with van der Waals surface area (Å²) in [5.74, 6) is -3.15. The summed E-state index contributed by atoms with van der Waals surface area (Å²) in [5.41, 5.74) is -0.352. The number of hydrogen-bond acceptors (Lipinski definition) is 17. The predicted octanol–water partition coefficient (Wildman–Crippen LogP) is -9.23. The minimum absolute atomic E-state index is 0. The third-order valence-electron chi connectivity index (χ3n) is 10.8.